The van der Waals surface area contributed by atoms with Crippen molar-refractivity contribution >= 4 is 6.03 Å². The van der Waals surface area contributed by atoms with Gasteiger partial charge in [0.1, 0.15) is 0 Å². The molecule has 0 aliphatic carbocycles. The highest BCUT2D eigenvalue weighted by atomic mass is 16.3. The van der Waals surface area contributed by atoms with E-state index in [1.165, 1.54) is 10.5 Å². The number of hydrogen-bond acceptors (Lipinski definition) is 4. The number of nitrogens with zero attached hydrogens (tertiary/aromatic N) is 3. The van der Waals surface area contributed by atoms with Crippen molar-refractivity contribution in [3.63, 3.8) is 0 Å². The van der Waals surface area contributed by atoms with Gasteiger partial charge in [0.05, 0.1) is 12.1 Å². The van der Waals surface area contributed by atoms with Crippen molar-refractivity contribution in [1.82, 2.24) is 20.0 Å². The molecule has 0 atom stereocenters. The molecule has 2 rings (SSSR count). The fraction of sp³-hybridized carbons (Fsp3) is 0.632. The van der Waals surface area contributed by atoms with Gasteiger partial charge in [-0.05, 0) is 32.0 Å². The van der Waals surface area contributed by atoms with Gasteiger partial charge in [0, 0.05) is 46.3 Å². The molecule has 0 saturated carbocycles. The van der Waals surface area contributed by atoms with Gasteiger partial charge in [-0.2, -0.15) is 0 Å². The molecule has 0 unspecified atom stereocenters. The largest absolute Gasteiger partial charge is 0.389 e. The van der Waals surface area contributed by atoms with Gasteiger partial charge in [-0.1, -0.05) is 24.3 Å². The molecule has 1 heterocycles. The van der Waals surface area contributed by atoms with Crippen LogP contribution in [0.4, 0.5) is 4.79 Å². The lowest BCUT2D eigenvalue weighted by Gasteiger charge is -2.32. The molecule has 0 aromatic heterocycles. The van der Waals surface area contributed by atoms with Crippen LogP contribution in [0.1, 0.15) is 25.0 Å². The average molecular weight is 348 g/mol. The lowest BCUT2D eigenvalue weighted by molar-refractivity contribution is 0.0531. The number of carbonyl (C=O) groups is 1. The van der Waals surface area contributed by atoms with Crippen LogP contribution in [-0.2, 0) is 13.1 Å². The molecule has 1 aliphatic heterocycles. The van der Waals surface area contributed by atoms with E-state index < -0.39 is 5.60 Å². The molecule has 1 fully saturated rings. The minimum atomic E-state index is -0.897. The number of carbonyl (C=O) groups excluding carboxylic acids is 1. The normalized spacial score (nSPS) is 16.7. The van der Waals surface area contributed by atoms with Crippen LogP contribution in [-0.4, -0.2) is 78.3 Å². The molecule has 25 heavy (non-hydrogen) atoms. The van der Waals surface area contributed by atoms with Crippen LogP contribution < -0.4 is 5.32 Å². The van der Waals surface area contributed by atoms with Crippen molar-refractivity contribution in [2.24, 2.45) is 0 Å². The lowest BCUT2D eigenvalue weighted by atomic mass is 10.1. The second-order valence-corrected chi connectivity index (χ2v) is 7.68. The van der Waals surface area contributed by atoms with E-state index in [-0.39, 0.29) is 6.03 Å². The fourth-order valence-electron chi connectivity index (χ4n) is 3.09. The third-order valence-electron chi connectivity index (χ3n) is 4.51. The minimum Gasteiger partial charge on any atom is -0.389 e. The third-order valence-corrected chi connectivity index (χ3v) is 4.51. The molecule has 6 heteroatoms. The maximum absolute atomic E-state index is 12.2. The molecule has 2 amide bonds. The number of urea groups is 1. The van der Waals surface area contributed by atoms with Gasteiger partial charge in [-0.3, -0.25) is 4.90 Å². The molecular weight excluding hydrogens is 316 g/mol. The van der Waals surface area contributed by atoms with E-state index in [0.29, 0.717) is 13.1 Å². The smallest absolute Gasteiger partial charge is 0.317 e. The third kappa shape index (κ3) is 6.65. The van der Waals surface area contributed by atoms with Crippen LogP contribution in [0.3, 0.4) is 0 Å². The van der Waals surface area contributed by atoms with E-state index in [9.17, 15) is 9.90 Å². The number of nitrogens with one attached hydrogen (secondary N) is 1. The molecule has 1 aromatic rings. The summed E-state index contributed by atoms with van der Waals surface area (Å²) in [5.41, 5.74) is 1.51. The van der Waals surface area contributed by atoms with Crippen LogP contribution in [0.15, 0.2) is 24.3 Å². The first-order chi connectivity index (χ1) is 11.7. The number of likely N-dealkylation sites (N-methyl/N-ethyl adjacent to an activating group) is 2. The molecule has 0 spiro atoms. The second kappa shape index (κ2) is 8.65. The van der Waals surface area contributed by atoms with E-state index in [1.54, 1.807) is 20.9 Å². The van der Waals surface area contributed by atoms with Crippen LogP contribution in [0.2, 0.25) is 0 Å². The summed E-state index contributed by atoms with van der Waals surface area (Å²) in [7, 11) is 3.86. The Morgan fingerprint density at radius 1 is 1.20 bits per heavy atom. The van der Waals surface area contributed by atoms with Gasteiger partial charge in [0.25, 0.3) is 0 Å². The average Bonchev–Trinajstić information content (AvgIpc) is 2.54. The Hall–Kier alpha value is -1.63. The summed E-state index contributed by atoms with van der Waals surface area (Å²) in [6, 6.07) is 8.10. The van der Waals surface area contributed by atoms with Crippen molar-refractivity contribution in [1.29, 1.82) is 0 Å². The van der Waals surface area contributed by atoms with Crippen molar-refractivity contribution in [2.45, 2.75) is 32.5 Å². The standard InChI is InChI=1S/C19H32N4O2/c1-19(2,25)15-22(4)18(24)20-13-16-7-5-6-8-17(16)14-23-11-9-21(3)10-12-23/h5-8,25H,9-15H2,1-4H3,(H,20,24). The van der Waals surface area contributed by atoms with Gasteiger partial charge in [0.15, 0.2) is 0 Å². The van der Waals surface area contributed by atoms with E-state index in [4.69, 9.17) is 0 Å². The SMILES string of the molecule is CN1CCN(Cc2ccccc2CNC(=O)N(C)CC(C)(C)O)CC1. The summed E-state index contributed by atoms with van der Waals surface area (Å²) in [6.45, 7) is 9.45. The summed E-state index contributed by atoms with van der Waals surface area (Å²) in [5, 5.41) is 12.8. The van der Waals surface area contributed by atoms with Crippen molar-refractivity contribution in [3.8, 4) is 0 Å². The quantitative estimate of drug-likeness (QED) is 0.815. The Bertz CT molecular complexity index is 563. The number of aliphatic hydroxyl groups is 1. The van der Waals surface area contributed by atoms with E-state index in [0.717, 1.165) is 38.3 Å². The highest BCUT2D eigenvalue weighted by Crippen LogP contribution is 2.13. The highest BCUT2D eigenvalue weighted by Gasteiger charge is 2.19. The molecule has 2 N–H and O–H groups in total. The topological polar surface area (TPSA) is 59.0 Å². The lowest BCUT2D eigenvalue weighted by Crippen LogP contribution is -2.45. The fourth-order valence-corrected chi connectivity index (χ4v) is 3.09. The van der Waals surface area contributed by atoms with Crippen LogP contribution in [0, 0.1) is 0 Å². The number of rotatable bonds is 6. The van der Waals surface area contributed by atoms with Gasteiger partial charge in [-0.25, -0.2) is 4.79 Å². The molecule has 6 nitrogen and oxygen atoms in total. The highest BCUT2D eigenvalue weighted by molar-refractivity contribution is 5.73. The van der Waals surface area contributed by atoms with Crippen molar-refractivity contribution in [2.75, 3.05) is 46.8 Å². The van der Waals surface area contributed by atoms with Crippen LogP contribution >= 0.6 is 0 Å². The zero-order valence-electron chi connectivity index (χ0n) is 16.0. The summed E-state index contributed by atoms with van der Waals surface area (Å²) in [5.74, 6) is 0. The summed E-state index contributed by atoms with van der Waals surface area (Å²) >= 11 is 0. The van der Waals surface area contributed by atoms with E-state index in [1.807, 2.05) is 6.07 Å². The summed E-state index contributed by atoms with van der Waals surface area (Å²) in [4.78, 5) is 18.5. The summed E-state index contributed by atoms with van der Waals surface area (Å²) < 4.78 is 0. The first-order valence-corrected chi connectivity index (χ1v) is 8.93. The predicted octanol–water partition coefficient (Wildman–Crippen LogP) is 1.35. The van der Waals surface area contributed by atoms with Gasteiger partial charge in [0.2, 0.25) is 0 Å². The summed E-state index contributed by atoms with van der Waals surface area (Å²) in [6.07, 6.45) is 0. The molecule has 0 bridgehead atoms. The maximum Gasteiger partial charge on any atom is 0.317 e. The van der Waals surface area contributed by atoms with Crippen LogP contribution in [0.5, 0.6) is 0 Å². The van der Waals surface area contributed by atoms with Crippen molar-refractivity contribution in [3.05, 3.63) is 35.4 Å². The molecule has 140 valence electrons. The van der Waals surface area contributed by atoms with Crippen molar-refractivity contribution < 1.29 is 9.90 Å². The van der Waals surface area contributed by atoms with Gasteiger partial charge in [-0.15, -0.1) is 0 Å². The zero-order valence-corrected chi connectivity index (χ0v) is 16.0. The van der Waals surface area contributed by atoms with Gasteiger partial charge >= 0.3 is 6.03 Å². The molecule has 1 aliphatic rings. The first-order valence-electron chi connectivity index (χ1n) is 8.93. The number of benzene rings is 1. The number of amides is 2. The van der Waals surface area contributed by atoms with E-state index >= 15 is 0 Å². The maximum atomic E-state index is 12.2. The monoisotopic (exact) mass is 348 g/mol. The first kappa shape index (κ1) is 19.7. The van der Waals surface area contributed by atoms with Gasteiger partial charge < -0.3 is 20.2 Å². The minimum absolute atomic E-state index is 0.170. The Morgan fingerprint density at radius 3 is 2.40 bits per heavy atom. The Kier molecular flexibility index (Phi) is 6.81. The Morgan fingerprint density at radius 2 is 1.80 bits per heavy atom. The zero-order chi connectivity index (χ0) is 18.4. The number of hydrogen-bond donors (Lipinski definition) is 2. The van der Waals surface area contributed by atoms with Crippen LogP contribution in [0.25, 0.3) is 0 Å². The number of piperazine rings is 1. The molecule has 0 radical (unpaired) electrons. The molecule has 1 saturated heterocycles. The van der Waals surface area contributed by atoms with E-state index in [2.05, 4.69) is 40.4 Å². The predicted molar refractivity (Wildman–Crippen MR) is 100 cm³/mol. The Labute approximate surface area is 151 Å². The Balaban J connectivity index is 1.90. The molecule has 1 aromatic carbocycles. The second-order valence-electron chi connectivity index (χ2n) is 7.68. The molecular formula is C19H32N4O2.